The van der Waals surface area contributed by atoms with Crippen LogP contribution in [0.4, 0.5) is 4.39 Å². The SMILES string of the molecule is CCCCCCN1CCC(c2c[nH]c(F)c2)CC1. The maximum Gasteiger partial charge on any atom is 0.191 e. The molecule has 102 valence electrons. The van der Waals surface area contributed by atoms with Crippen molar-refractivity contribution in [3.8, 4) is 0 Å². The van der Waals surface area contributed by atoms with Crippen LogP contribution in [0.2, 0.25) is 0 Å². The van der Waals surface area contributed by atoms with Gasteiger partial charge in [-0.2, -0.15) is 4.39 Å². The molecule has 1 aliphatic heterocycles. The van der Waals surface area contributed by atoms with Crippen LogP contribution in [0.3, 0.4) is 0 Å². The van der Waals surface area contributed by atoms with Gasteiger partial charge in [-0.15, -0.1) is 0 Å². The summed E-state index contributed by atoms with van der Waals surface area (Å²) in [5.41, 5.74) is 1.15. The number of aromatic amines is 1. The number of rotatable bonds is 6. The third-order valence-electron chi connectivity index (χ3n) is 4.06. The summed E-state index contributed by atoms with van der Waals surface area (Å²) in [5, 5.41) is 0. The van der Waals surface area contributed by atoms with Crippen molar-refractivity contribution >= 4 is 0 Å². The molecule has 2 nitrogen and oxygen atoms in total. The van der Waals surface area contributed by atoms with E-state index in [-0.39, 0.29) is 5.95 Å². The second-order valence-electron chi connectivity index (χ2n) is 5.46. The van der Waals surface area contributed by atoms with Gasteiger partial charge in [-0.3, -0.25) is 0 Å². The number of piperidine rings is 1. The zero-order valence-electron chi connectivity index (χ0n) is 11.4. The first-order chi connectivity index (χ1) is 8.79. The highest BCUT2D eigenvalue weighted by Crippen LogP contribution is 2.28. The van der Waals surface area contributed by atoms with E-state index in [1.54, 1.807) is 6.07 Å². The van der Waals surface area contributed by atoms with Crippen molar-refractivity contribution in [2.75, 3.05) is 19.6 Å². The summed E-state index contributed by atoms with van der Waals surface area (Å²) in [7, 11) is 0. The van der Waals surface area contributed by atoms with Gasteiger partial charge in [0.15, 0.2) is 5.95 Å². The van der Waals surface area contributed by atoms with E-state index in [1.165, 1.54) is 58.2 Å². The largest absolute Gasteiger partial charge is 0.338 e. The van der Waals surface area contributed by atoms with Gasteiger partial charge in [0, 0.05) is 6.20 Å². The minimum atomic E-state index is -0.202. The summed E-state index contributed by atoms with van der Waals surface area (Å²) in [6.45, 7) is 5.84. The molecule has 1 N–H and O–H groups in total. The fourth-order valence-corrected chi connectivity index (χ4v) is 2.87. The molecule has 0 saturated carbocycles. The maximum absolute atomic E-state index is 12.9. The average Bonchev–Trinajstić information content (AvgIpc) is 2.82. The number of H-pyrrole nitrogens is 1. The first-order valence-electron chi connectivity index (χ1n) is 7.35. The molecule has 2 rings (SSSR count). The quantitative estimate of drug-likeness (QED) is 0.760. The molecule has 0 unspecified atom stereocenters. The summed E-state index contributed by atoms with van der Waals surface area (Å²) in [5.74, 6) is 0.352. The highest BCUT2D eigenvalue weighted by molar-refractivity contribution is 5.16. The monoisotopic (exact) mass is 252 g/mol. The van der Waals surface area contributed by atoms with Gasteiger partial charge in [-0.25, -0.2) is 0 Å². The van der Waals surface area contributed by atoms with Gasteiger partial charge >= 0.3 is 0 Å². The molecule has 0 aliphatic carbocycles. The van der Waals surface area contributed by atoms with Crippen LogP contribution >= 0.6 is 0 Å². The fourth-order valence-electron chi connectivity index (χ4n) is 2.87. The van der Waals surface area contributed by atoms with Crippen molar-refractivity contribution in [3.63, 3.8) is 0 Å². The Balaban J connectivity index is 1.68. The summed E-state index contributed by atoms with van der Waals surface area (Å²) in [6, 6.07) is 1.65. The number of aromatic nitrogens is 1. The molecule has 1 fully saturated rings. The number of hydrogen-bond donors (Lipinski definition) is 1. The summed E-state index contributed by atoms with van der Waals surface area (Å²) < 4.78 is 12.9. The lowest BCUT2D eigenvalue weighted by molar-refractivity contribution is 0.208. The van der Waals surface area contributed by atoms with Gasteiger partial charge in [0.1, 0.15) is 0 Å². The molecule has 1 saturated heterocycles. The average molecular weight is 252 g/mol. The minimum absolute atomic E-state index is 0.202. The minimum Gasteiger partial charge on any atom is -0.338 e. The van der Waals surface area contributed by atoms with Crippen LogP contribution in [-0.2, 0) is 0 Å². The van der Waals surface area contributed by atoms with Crippen LogP contribution < -0.4 is 0 Å². The number of halogens is 1. The second kappa shape index (κ2) is 6.93. The zero-order valence-corrected chi connectivity index (χ0v) is 11.4. The van der Waals surface area contributed by atoms with E-state index in [2.05, 4.69) is 16.8 Å². The van der Waals surface area contributed by atoms with Crippen molar-refractivity contribution in [2.45, 2.75) is 51.4 Å². The van der Waals surface area contributed by atoms with Gasteiger partial charge < -0.3 is 9.88 Å². The van der Waals surface area contributed by atoms with Gasteiger partial charge in [0.05, 0.1) is 0 Å². The fraction of sp³-hybridized carbons (Fsp3) is 0.733. The molecule has 0 bridgehead atoms. The molecular weight excluding hydrogens is 227 g/mol. The Labute approximate surface area is 110 Å². The lowest BCUT2D eigenvalue weighted by atomic mass is 9.91. The van der Waals surface area contributed by atoms with E-state index in [4.69, 9.17) is 0 Å². The zero-order chi connectivity index (χ0) is 12.8. The van der Waals surface area contributed by atoms with E-state index in [9.17, 15) is 4.39 Å². The van der Waals surface area contributed by atoms with Crippen LogP contribution in [0.25, 0.3) is 0 Å². The van der Waals surface area contributed by atoms with Gasteiger partial charge in [0.25, 0.3) is 0 Å². The second-order valence-corrected chi connectivity index (χ2v) is 5.46. The third-order valence-corrected chi connectivity index (χ3v) is 4.06. The van der Waals surface area contributed by atoms with Crippen LogP contribution in [0, 0.1) is 5.95 Å². The molecule has 2 heterocycles. The number of nitrogens with zero attached hydrogens (tertiary/aromatic N) is 1. The van der Waals surface area contributed by atoms with Crippen LogP contribution in [0.1, 0.15) is 56.9 Å². The normalized spacial score (nSPS) is 18.3. The van der Waals surface area contributed by atoms with E-state index in [1.807, 2.05) is 6.20 Å². The number of unbranched alkanes of at least 4 members (excludes halogenated alkanes) is 3. The van der Waals surface area contributed by atoms with E-state index >= 15 is 0 Å². The van der Waals surface area contributed by atoms with Crippen molar-refractivity contribution < 1.29 is 4.39 Å². The highest BCUT2D eigenvalue weighted by atomic mass is 19.1. The molecule has 0 spiro atoms. The summed E-state index contributed by atoms with van der Waals surface area (Å²) in [6.07, 6.45) is 9.53. The molecule has 1 aromatic heterocycles. The molecule has 3 heteroatoms. The lowest BCUT2D eigenvalue weighted by Gasteiger charge is -2.31. The van der Waals surface area contributed by atoms with E-state index in [0.29, 0.717) is 5.92 Å². The molecule has 0 atom stereocenters. The number of nitrogens with one attached hydrogen (secondary N) is 1. The molecule has 1 aromatic rings. The Morgan fingerprint density at radius 1 is 1.28 bits per heavy atom. The molecule has 0 amide bonds. The smallest absolute Gasteiger partial charge is 0.191 e. The lowest BCUT2D eigenvalue weighted by Crippen LogP contribution is -2.33. The van der Waals surface area contributed by atoms with E-state index in [0.717, 1.165) is 5.56 Å². The Hall–Kier alpha value is -0.830. The van der Waals surface area contributed by atoms with Gasteiger partial charge in [-0.05, 0) is 56.4 Å². The van der Waals surface area contributed by atoms with Crippen molar-refractivity contribution in [3.05, 3.63) is 23.8 Å². The number of hydrogen-bond acceptors (Lipinski definition) is 1. The molecular formula is C15H25FN2. The summed E-state index contributed by atoms with van der Waals surface area (Å²) in [4.78, 5) is 5.21. The van der Waals surface area contributed by atoms with Crippen LogP contribution in [0.15, 0.2) is 12.3 Å². The van der Waals surface area contributed by atoms with Crippen molar-refractivity contribution in [2.24, 2.45) is 0 Å². The Morgan fingerprint density at radius 3 is 2.67 bits per heavy atom. The highest BCUT2D eigenvalue weighted by Gasteiger charge is 2.20. The maximum atomic E-state index is 12.9. The topological polar surface area (TPSA) is 19.0 Å². The summed E-state index contributed by atoms with van der Waals surface area (Å²) >= 11 is 0. The van der Waals surface area contributed by atoms with E-state index < -0.39 is 0 Å². The van der Waals surface area contributed by atoms with Crippen molar-refractivity contribution in [1.82, 2.24) is 9.88 Å². The Bertz CT molecular complexity index is 340. The first-order valence-corrected chi connectivity index (χ1v) is 7.35. The Kier molecular flexibility index (Phi) is 5.24. The molecule has 1 aliphatic rings. The van der Waals surface area contributed by atoms with Gasteiger partial charge in [-0.1, -0.05) is 26.2 Å². The molecule has 0 aromatic carbocycles. The Morgan fingerprint density at radius 2 is 2.06 bits per heavy atom. The van der Waals surface area contributed by atoms with Crippen molar-refractivity contribution in [1.29, 1.82) is 0 Å². The molecule has 18 heavy (non-hydrogen) atoms. The first kappa shape index (κ1) is 13.6. The van der Waals surface area contributed by atoms with Crippen LogP contribution in [-0.4, -0.2) is 29.5 Å². The van der Waals surface area contributed by atoms with Gasteiger partial charge in [0.2, 0.25) is 0 Å². The molecule has 0 radical (unpaired) electrons. The third kappa shape index (κ3) is 3.84. The van der Waals surface area contributed by atoms with Crippen LogP contribution in [0.5, 0.6) is 0 Å². The predicted molar refractivity (Wildman–Crippen MR) is 73.3 cm³/mol. The number of likely N-dealkylation sites (tertiary alicyclic amines) is 1. The standard InChI is InChI=1S/C15H25FN2/c1-2-3-4-5-8-18-9-6-13(7-10-18)14-11-15(16)17-12-14/h11-13,17H,2-10H2,1H3. The predicted octanol–water partition coefficient (Wildman–Crippen LogP) is 3.91.